The average molecular weight is 488 g/mol. The number of nitrogens with one attached hydrogen (secondary N) is 2. The quantitative estimate of drug-likeness (QED) is 0.557. The predicted octanol–water partition coefficient (Wildman–Crippen LogP) is 1.92. The average Bonchev–Trinajstić information content (AvgIpc) is 2.95. The van der Waals surface area contributed by atoms with Crippen molar-refractivity contribution in [1.29, 1.82) is 0 Å². The molecule has 1 saturated heterocycles. The van der Waals surface area contributed by atoms with Gasteiger partial charge in [-0.05, 0) is 49.4 Å². The van der Waals surface area contributed by atoms with Crippen LogP contribution >= 0.6 is 0 Å². The number of hydrogen-bond donors (Lipinski definition) is 3. The van der Waals surface area contributed by atoms with E-state index in [0.29, 0.717) is 6.26 Å². The number of anilines is 2. The maximum absolute atomic E-state index is 13.5. The van der Waals surface area contributed by atoms with Gasteiger partial charge in [0.2, 0.25) is 15.7 Å². The maximum Gasteiger partial charge on any atom is 0.261 e. The first kappa shape index (κ1) is 25.7. The number of sulfone groups is 1. The third-order valence-electron chi connectivity index (χ3n) is 4.37. The summed E-state index contributed by atoms with van der Waals surface area (Å²) in [7, 11) is -7.64. The number of carbonyl (C=O) groups excluding carboxylic acids is 1. The van der Waals surface area contributed by atoms with E-state index in [4.69, 9.17) is 4.55 Å². The predicted molar refractivity (Wildman–Crippen MR) is 120 cm³/mol. The van der Waals surface area contributed by atoms with Gasteiger partial charge in [-0.2, -0.15) is 8.42 Å². The Bertz CT molecular complexity index is 1150. The number of halogens is 1. The minimum absolute atomic E-state index is 0.0556. The lowest BCUT2D eigenvalue weighted by molar-refractivity contribution is -0.114. The third-order valence-corrected chi connectivity index (χ3v) is 6.18. The minimum Gasteiger partial charge on any atom is -0.370 e. The zero-order chi connectivity index (χ0) is 23.9. The van der Waals surface area contributed by atoms with Crippen molar-refractivity contribution in [3.8, 4) is 0 Å². The van der Waals surface area contributed by atoms with Gasteiger partial charge >= 0.3 is 0 Å². The van der Waals surface area contributed by atoms with Gasteiger partial charge in [0.05, 0.1) is 21.7 Å². The minimum atomic E-state index is -3.98. The smallest absolute Gasteiger partial charge is 0.261 e. The molecule has 32 heavy (non-hydrogen) atoms. The second-order valence-corrected chi connectivity index (χ2v) is 10.5. The molecule has 2 aromatic rings. The zero-order valence-corrected chi connectivity index (χ0v) is 19.3. The number of nitrogens with zero attached hydrogens (tertiary/aromatic N) is 1. The van der Waals surface area contributed by atoms with Crippen LogP contribution in [0.5, 0.6) is 0 Å². The highest BCUT2D eigenvalue weighted by Gasteiger charge is 2.24. The van der Waals surface area contributed by atoms with E-state index in [2.05, 4.69) is 15.5 Å². The molecule has 0 atom stereocenters. The Hall–Kier alpha value is -2.54. The van der Waals surface area contributed by atoms with E-state index in [1.807, 2.05) is 0 Å². The van der Waals surface area contributed by atoms with Crippen LogP contribution in [-0.4, -0.2) is 59.7 Å². The molecule has 176 valence electrons. The van der Waals surface area contributed by atoms with E-state index in [9.17, 15) is 26.0 Å². The molecule has 0 aromatic heterocycles. The molecular weight excluding hydrogens is 461 g/mol. The largest absolute Gasteiger partial charge is 0.370 e. The van der Waals surface area contributed by atoms with Gasteiger partial charge in [-0.3, -0.25) is 9.35 Å². The summed E-state index contributed by atoms with van der Waals surface area (Å²) in [5.41, 5.74) is 1.03. The van der Waals surface area contributed by atoms with Crippen LogP contribution in [0.4, 0.5) is 15.8 Å². The topological polar surface area (TPSA) is 133 Å². The van der Waals surface area contributed by atoms with Crippen LogP contribution in [0.25, 0.3) is 0 Å². The first-order valence-electron chi connectivity index (χ1n) is 9.68. The standard InChI is InChI=1S/C19H22FN3O3S.CH4O3S/c1-14(24)22-18-13-16(23-10-3-8-21-9-11-23)6-7-19(18)27(25,26)17-5-2-4-15(20)12-17;1-5(2,3)4/h2,4-7,12-13,21H,3,8-11H2,1H3,(H,22,24);1H3,(H,2,3,4). The molecule has 0 radical (unpaired) electrons. The van der Waals surface area contributed by atoms with Gasteiger partial charge in [0.15, 0.2) is 0 Å². The van der Waals surface area contributed by atoms with E-state index < -0.39 is 25.8 Å². The van der Waals surface area contributed by atoms with Crippen molar-refractivity contribution >= 4 is 37.2 Å². The summed E-state index contributed by atoms with van der Waals surface area (Å²) in [6.07, 6.45) is 1.69. The molecule has 1 heterocycles. The molecule has 2 aromatic carbocycles. The molecular formula is C20H26FN3O6S2. The third kappa shape index (κ3) is 7.86. The summed E-state index contributed by atoms with van der Waals surface area (Å²) < 4.78 is 65.4. The maximum atomic E-state index is 13.5. The first-order chi connectivity index (χ1) is 14.9. The van der Waals surface area contributed by atoms with Gasteiger partial charge in [0.1, 0.15) is 5.82 Å². The van der Waals surface area contributed by atoms with Crippen molar-refractivity contribution in [2.75, 3.05) is 42.7 Å². The SMILES string of the molecule is CC(=O)Nc1cc(N2CCCNCC2)ccc1S(=O)(=O)c1cccc(F)c1.CS(=O)(=O)O. The van der Waals surface area contributed by atoms with Crippen LogP contribution in [0.1, 0.15) is 13.3 Å². The highest BCUT2D eigenvalue weighted by atomic mass is 32.2. The Morgan fingerprint density at radius 2 is 1.78 bits per heavy atom. The Morgan fingerprint density at radius 3 is 2.41 bits per heavy atom. The normalized spacial score (nSPS) is 14.7. The highest BCUT2D eigenvalue weighted by Crippen LogP contribution is 2.32. The Kier molecular flexibility index (Phi) is 8.73. The lowest BCUT2D eigenvalue weighted by Crippen LogP contribution is -2.28. The Morgan fingerprint density at radius 1 is 1.09 bits per heavy atom. The molecule has 0 saturated carbocycles. The van der Waals surface area contributed by atoms with Gasteiger partial charge in [-0.15, -0.1) is 0 Å². The van der Waals surface area contributed by atoms with Crippen LogP contribution in [0.3, 0.4) is 0 Å². The monoisotopic (exact) mass is 487 g/mol. The van der Waals surface area contributed by atoms with Crippen molar-refractivity contribution in [3.05, 3.63) is 48.3 Å². The van der Waals surface area contributed by atoms with Crippen LogP contribution in [0.15, 0.2) is 52.3 Å². The van der Waals surface area contributed by atoms with Gasteiger partial charge < -0.3 is 15.5 Å². The molecule has 1 aliphatic heterocycles. The Labute approximate surface area is 187 Å². The van der Waals surface area contributed by atoms with Crippen molar-refractivity contribution < 1.29 is 30.6 Å². The summed E-state index contributed by atoms with van der Waals surface area (Å²) in [5, 5.41) is 5.92. The molecule has 1 fully saturated rings. The fraction of sp³-hybridized carbons (Fsp3) is 0.350. The van der Waals surface area contributed by atoms with Crippen LogP contribution in [0, 0.1) is 5.82 Å². The van der Waals surface area contributed by atoms with Crippen LogP contribution in [-0.2, 0) is 24.7 Å². The van der Waals surface area contributed by atoms with Gasteiger partial charge in [0, 0.05) is 32.2 Å². The van der Waals surface area contributed by atoms with E-state index in [-0.39, 0.29) is 21.4 Å². The van der Waals surface area contributed by atoms with Crippen LogP contribution in [0.2, 0.25) is 0 Å². The number of rotatable bonds is 4. The molecule has 3 N–H and O–H groups in total. The lowest BCUT2D eigenvalue weighted by Gasteiger charge is -2.24. The molecule has 9 nitrogen and oxygen atoms in total. The summed E-state index contributed by atoms with van der Waals surface area (Å²) in [5.74, 6) is -1.01. The van der Waals surface area contributed by atoms with E-state index in [0.717, 1.165) is 44.4 Å². The van der Waals surface area contributed by atoms with Crippen molar-refractivity contribution in [2.24, 2.45) is 0 Å². The fourth-order valence-corrected chi connectivity index (χ4v) is 4.53. The fourth-order valence-electron chi connectivity index (χ4n) is 3.10. The molecule has 12 heteroatoms. The second kappa shape index (κ2) is 10.9. The molecule has 0 spiro atoms. The van der Waals surface area contributed by atoms with Gasteiger partial charge in [-0.1, -0.05) is 6.07 Å². The molecule has 1 aliphatic rings. The second-order valence-electron chi connectivity index (χ2n) is 7.15. The molecule has 0 bridgehead atoms. The van der Waals surface area contributed by atoms with Gasteiger partial charge in [0.25, 0.3) is 10.1 Å². The van der Waals surface area contributed by atoms with E-state index in [1.165, 1.54) is 31.2 Å². The molecule has 1 amide bonds. The number of carbonyl (C=O) groups is 1. The molecule has 0 unspecified atom stereocenters. The zero-order valence-electron chi connectivity index (χ0n) is 17.7. The van der Waals surface area contributed by atoms with E-state index >= 15 is 0 Å². The van der Waals surface area contributed by atoms with Crippen molar-refractivity contribution in [1.82, 2.24) is 5.32 Å². The highest BCUT2D eigenvalue weighted by molar-refractivity contribution is 7.91. The number of amides is 1. The Balaban J connectivity index is 0.000000654. The number of hydrogen-bond acceptors (Lipinski definition) is 7. The van der Waals surface area contributed by atoms with Crippen molar-refractivity contribution in [3.63, 3.8) is 0 Å². The summed E-state index contributed by atoms with van der Waals surface area (Å²) in [6, 6.07) is 9.70. The summed E-state index contributed by atoms with van der Waals surface area (Å²) >= 11 is 0. The first-order valence-corrected chi connectivity index (χ1v) is 13.0. The lowest BCUT2D eigenvalue weighted by atomic mass is 10.2. The summed E-state index contributed by atoms with van der Waals surface area (Å²) in [6.45, 7) is 4.71. The molecule has 0 aliphatic carbocycles. The van der Waals surface area contributed by atoms with Gasteiger partial charge in [-0.25, -0.2) is 12.8 Å². The molecule has 3 rings (SSSR count). The number of benzene rings is 2. The van der Waals surface area contributed by atoms with Crippen molar-refractivity contribution in [2.45, 2.75) is 23.1 Å². The summed E-state index contributed by atoms with van der Waals surface area (Å²) in [4.78, 5) is 13.6. The van der Waals surface area contributed by atoms with Crippen LogP contribution < -0.4 is 15.5 Å². The van der Waals surface area contributed by atoms with E-state index in [1.54, 1.807) is 12.1 Å².